The van der Waals surface area contributed by atoms with Crippen LogP contribution < -0.4 is 21.7 Å². The summed E-state index contributed by atoms with van der Waals surface area (Å²) in [5.74, 6) is -3.22. The van der Waals surface area contributed by atoms with Crippen LogP contribution in [-0.4, -0.2) is 89.0 Å². The number of rotatable bonds is 10. The van der Waals surface area contributed by atoms with Crippen molar-refractivity contribution in [3.8, 4) is 0 Å². The number of piperidine rings is 1. The molecular formula is C32H52N6O6. The number of likely N-dealkylation sites (tertiary alicyclic amines) is 1. The monoisotopic (exact) mass is 616 g/mol. The smallest absolute Gasteiger partial charge is 0.316 e. The lowest BCUT2D eigenvalue weighted by Gasteiger charge is -2.39. The van der Waals surface area contributed by atoms with E-state index in [-0.39, 0.29) is 35.1 Å². The van der Waals surface area contributed by atoms with Gasteiger partial charge in [-0.05, 0) is 59.7 Å². The molecule has 0 bridgehead atoms. The van der Waals surface area contributed by atoms with Gasteiger partial charge in [-0.2, -0.15) is 0 Å². The zero-order valence-electron chi connectivity index (χ0n) is 27.8. The number of likely N-dealkylation sites (N-methyl/N-ethyl adjacent to an activating group) is 1. The number of amides is 6. The molecule has 1 unspecified atom stereocenters. The third kappa shape index (κ3) is 6.59. The fourth-order valence-electron chi connectivity index (χ4n) is 6.99. The first kappa shape index (κ1) is 33.7. The van der Waals surface area contributed by atoms with Crippen molar-refractivity contribution < 1.29 is 28.8 Å². The lowest BCUT2D eigenvalue weighted by Crippen LogP contribution is -2.63. The van der Waals surface area contributed by atoms with Gasteiger partial charge in [0.25, 0.3) is 5.91 Å². The van der Waals surface area contributed by atoms with Crippen LogP contribution in [0.15, 0.2) is 0 Å². The van der Waals surface area contributed by atoms with Crippen LogP contribution in [0.2, 0.25) is 0 Å². The molecule has 4 aliphatic rings. The number of primary amides is 1. The summed E-state index contributed by atoms with van der Waals surface area (Å²) >= 11 is 0. The molecule has 4 fully saturated rings. The largest absolute Gasteiger partial charge is 0.363 e. The second-order valence-electron chi connectivity index (χ2n) is 16.2. The highest BCUT2D eigenvalue weighted by atomic mass is 16.2. The van der Waals surface area contributed by atoms with Crippen LogP contribution in [0.25, 0.3) is 0 Å². The number of nitrogens with two attached hydrogens (primary N) is 1. The standard InChI is InChI=1S/C32H52N6O6/c1-30(2,3)23(27(42)37(9)17-13-14-17)35-29(44)36-24(31(4,5)6)28(43)38-15-18-19(32(18,7)8)21(38)26(41)34-20(16-11-10-12-16)22(39)25(33)40/h16-21,23-24H,10-15H2,1-9H3,(H2,33,40)(H,34,41)(H2,35,36,44)/t18-,19-,20?,21-,23+,24+/m0/s1. The number of carbonyl (C=O) groups is 6. The Bertz CT molecular complexity index is 1210. The normalized spacial score (nSPS) is 26.3. The summed E-state index contributed by atoms with van der Waals surface area (Å²) in [4.78, 5) is 82.5. The second-order valence-corrected chi connectivity index (χ2v) is 16.2. The van der Waals surface area contributed by atoms with E-state index >= 15 is 0 Å². The Hall–Kier alpha value is -3.18. The zero-order chi connectivity index (χ0) is 33.1. The number of carbonyl (C=O) groups excluding carboxylic acids is 6. The van der Waals surface area contributed by atoms with Crippen molar-refractivity contribution in [3.63, 3.8) is 0 Å². The molecule has 3 aliphatic carbocycles. The summed E-state index contributed by atoms with van der Waals surface area (Å²) in [6.07, 6.45) is 4.18. The highest BCUT2D eigenvalue weighted by Gasteiger charge is 2.70. The Morgan fingerprint density at radius 2 is 1.41 bits per heavy atom. The van der Waals surface area contributed by atoms with Crippen LogP contribution in [0, 0.1) is 34.0 Å². The molecule has 5 N–H and O–H groups in total. The van der Waals surface area contributed by atoms with Crippen molar-refractivity contribution in [3.05, 3.63) is 0 Å². The number of hydrogen-bond donors (Lipinski definition) is 4. The van der Waals surface area contributed by atoms with Gasteiger partial charge in [0.2, 0.25) is 23.5 Å². The van der Waals surface area contributed by atoms with E-state index in [0.29, 0.717) is 19.4 Å². The van der Waals surface area contributed by atoms with Crippen molar-refractivity contribution in [1.82, 2.24) is 25.8 Å². The van der Waals surface area contributed by atoms with E-state index < -0.39 is 64.5 Å². The predicted molar refractivity (Wildman–Crippen MR) is 164 cm³/mol. The van der Waals surface area contributed by atoms with Gasteiger partial charge >= 0.3 is 6.03 Å². The Morgan fingerprint density at radius 3 is 1.86 bits per heavy atom. The molecule has 0 aromatic heterocycles. The lowest BCUT2D eigenvalue weighted by molar-refractivity contribution is -0.145. The molecule has 6 amide bonds. The van der Waals surface area contributed by atoms with Crippen LogP contribution in [0.3, 0.4) is 0 Å². The molecule has 6 atom stereocenters. The van der Waals surface area contributed by atoms with E-state index in [9.17, 15) is 28.8 Å². The molecular weight excluding hydrogens is 564 g/mol. The van der Waals surface area contributed by atoms with Gasteiger partial charge in [-0.3, -0.25) is 24.0 Å². The molecule has 246 valence electrons. The van der Waals surface area contributed by atoms with Gasteiger partial charge in [-0.1, -0.05) is 61.8 Å². The van der Waals surface area contributed by atoms with Crippen molar-refractivity contribution in [2.24, 2.45) is 39.7 Å². The molecule has 0 aromatic rings. The number of nitrogens with one attached hydrogen (secondary N) is 3. The SMILES string of the molecule is CN(C(=O)[C@@H](NC(=O)N[C@H](C(=O)N1C[C@H]2[C@@H]([C@H]1C(=O)NC(C(=O)C(N)=O)C1CCC1)C2(C)C)C(C)(C)C)C(C)(C)C)C1CC1. The first-order valence-corrected chi connectivity index (χ1v) is 16.0. The molecule has 44 heavy (non-hydrogen) atoms. The van der Waals surface area contributed by atoms with E-state index in [1.54, 1.807) is 11.9 Å². The summed E-state index contributed by atoms with van der Waals surface area (Å²) < 4.78 is 0. The molecule has 0 radical (unpaired) electrons. The zero-order valence-corrected chi connectivity index (χ0v) is 27.8. The molecule has 0 aromatic carbocycles. The van der Waals surface area contributed by atoms with Crippen LogP contribution in [-0.2, 0) is 24.0 Å². The first-order valence-electron chi connectivity index (χ1n) is 16.0. The Kier molecular flexibility index (Phi) is 8.91. The first-order chi connectivity index (χ1) is 20.2. The van der Waals surface area contributed by atoms with E-state index in [1.165, 1.54) is 4.90 Å². The number of ketones is 1. The molecule has 12 heteroatoms. The number of hydrogen-bond acceptors (Lipinski definition) is 6. The second kappa shape index (κ2) is 11.6. The van der Waals surface area contributed by atoms with Crippen LogP contribution >= 0.6 is 0 Å². The Morgan fingerprint density at radius 1 is 0.864 bits per heavy atom. The van der Waals surface area contributed by atoms with Gasteiger partial charge in [0.1, 0.15) is 24.2 Å². The molecule has 3 saturated carbocycles. The number of urea groups is 1. The van der Waals surface area contributed by atoms with Crippen molar-refractivity contribution in [2.75, 3.05) is 13.6 Å². The molecule has 1 saturated heterocycles. The van der Waals surface area contributed by atoms with Gasteiger partial charge in [0, 0.05) is 19.6 Å². The van der Waals surface area contributed by atoms with Crippen molar-refractivity contribution >= 4 is 35.4 Å². The van der Waals surface area contributed by atoms with E-state index in [4.69, 9.17) is 5.73 Å². The van der Waals surface area contributed by atoms with Crippen LogP contribution in [0.5, 0.6) is 0 Å². The van der Waals surface area contributed by atoms with Crippen LogP contribution in [0.4, 0.5) is 4.79 Å². The average Bonchev–Trinajstić information content (AvgIpc) is 3.75. The molecule has 0 spiro atoms. The Labute approximate surface area is 261 Å². The summed E-state index contributed by atoms with van der Waals surface area (Å²) in [5, 5.41) is 8.47. The van der Waals surface area contributed by atoms with Crippen molar-refractivity contribution in [1.29, 1.82) is 0 Å². The topological polar surface area (TPSA) is 171 Å². The Balaban J connectivity index is 1.54. The van der Waals surface area contributed by atoms with E-state index in [1.807, 2.05) is 41.5 Å². The van der Waals surface area contributed by atoms with Gasteiger partial charge in [0.15, 0.2) is 0 Å². The maximum atomic E-state index is 14.3. The highest BCUT2D eigenvalue weighted by Crippen LogP contribution is 2.65. The summed E-state index contributed by atoms with van der Waals surface area (Å²) in [5.41, 5.74) is 3.81. The minimum absolute atomic E-state index is 0.0755. The molecule has 12 nitrogen and oxygen atoms in total. The quantitative estimate of drug-likeness (QED) is 0.271. The summed E-state index contributed by atoms with van der Waals surface area (Å²) in [6.45, 7) is 15.6. The molecule has 4 rings (SSSR count). The summed E-state index contributed by atoms with van der Waals surface area (Å²) in [7, 11) is 1.75. The average molecular weight is 617 g/mol. The summed E-state index contributed by atoms with van der Waals surface area (Å²) in [6, 6.07) is -4.17. The number of nitrogens with zero attached hydrogens (tertiary/aromatic N) is 2. The number of Topliss-reactive ketones (excluding diaryl/α,β-unsaturated/α-hetero) is 1. The molecule has 1 heterocycles. The van der Waals surface area contributed by atoms with Gasteiger partial charge in [-0.15, -0.1) is 0 Å². The minimum atomic E-state index is -1.09. The maximum absolute atomic E-state index is 14.3. The van der Waals surface area contributed by atoms with Crippen LogP contribution in [0.1, 0.15) is 87.5 Å². The van der Waals surface area contributed by atoms with Gasteiger partial charge in [0.05, 0.1) is 0 Å². The third-order valence-corrected chi connectivity index (χ3v) is 10.4. The van der Waals surface area contributed by atoms with E-state index in [2.05, 4.69) is 29.8 Å². The fourth-order valence-corrected chi connectivity index (χ4v) is 6.99. The fraction of sp³-hybridized carbons (Fsp3) is 0.812. The number of fused-ring (bicyclic) bond motifs is 1. The van der Waals surface area contributed by atoms with Gasteiger partial charge < -0.3 is 31.5 Å². The maximum Gasteiger partial charge on any atom is 0.316 e. The van der Waals surface area contributed by atoms with Crippen molar-refractivity contribution in [2.45, 2.75) is 118 Å². The third-order valence-electron chi connectivity index (χ3n) is 10.4. The lowest BCUT2D eigenvalue weighted by atomic mass is 9.78. The van der Waals surface area contributed by atoms with Gasteiger partial charge in [-0.25, -0.2) is 4.79 Å². The predicted octanol–water partition coefficient (Wildman–Crippen LogP) is 1.56. The molecule has 1 aliphatic heterocycles. The highest BCUT2D eigenvalue weighted by molar-refractivity contribution is 6.38. The minimum Gasteiger partial charge on any atom is -0.363 e. The van der Waals surface area contributed by atoms with E-state index in [0.717, 1.165) is 19.3 Å².